The van der Waals surface area contributed by atoms with Crippen molar-refractivity contribution in [3.8, 4) is 78.7 Å². The summed E-state index contributed by atoms with van der Waals surface area (Å²) in [6.45, 7) is 0. The second-order valence-corrected chi connectivity index (χ2v) is 16.1. The summed E-state index contributed by atoms with van der Waals surface area (Å²) in [6.07, 6.45) is 3.54. The van der Waals surface area contributed by atoms with Crippen LogP contribution >= 0.6 is 15.9 Å². The lowest BCUT2D eigenvalue weighted by Crippen LogP contribution is -2.32. The van der Waals surface area contributed by atoms with Crippen LogP contribution in [0.4, 0.5) is 17.6 Å². The fraction of sp³-hybridized carbons (Fsp3) is 0. The number of halogens is 5. The molecule has 2 N–H and O–H groups in total. The van der Waals surface area contributed by atoms with Crippen LogP contribution in [-0.2, 0) is 0 Å². The zero-order valence-electron chi connectivity index (χ0n) is 35.9. The Morgan fingerprint density at radius 1 is 0.353 bits per heavy atom. The molecule has 0 radical (unpaired) electrons. The lowest BCUT2D eigenvalue weighted by molar-refractivity contribution is 0.422. The SMILES string of the molecule is Brc1ccc(-c2cc(-c3ccccc3)cc(-c3ccccn3)n2)cc1.Fc1ccc(F)c(-c2ccc(-c3cc(-c4ccccc4)cc(-c4ccccn4)n3)cc2)c1.OB(O)c1cc(F)ccc1F. The van der Waals surface area contributed by atoms with Gasteiger partial charge in [0, 0.05) is 39.0 Å². The molecule has 0 fully saturated rings. The Morgan fingerprint density at radius 2 is 0.779 bits per heavy atom. The van der Waals surface area contributed by atoms with Gasteiger partial charge in [0.25, 0.3) is 0 Å². The van der Waals surface area contributed by atoms with Crippen molar-refractivity contribution in [3.63, 3.8) is 0 Å². The number of aromatic nitrogens is 4. The van der Waals surface area contributed by atoms with Crippen LogP contribution in [0.2, 0.25) is 0 Å². The standard InChI is InChI=1S/C28H18F2N2.C22H15BrN2.C6H5BF2O2/c29-23-13-14-25(30)24(18-23)20-9-11-21(12-10-20)27-16-22(19-6-2-1-3-7-19)17-28(32-27)26-8-4-5-15-31-26;23-19-11-9-17(10-12-19)21-14-18(16-6-2-1-3-7-16)15-22(25-21)20-8-4-5-13-24-20;8-4-1-2-6(9)5(3-4)7(10)11/h1-18H;1-15H;1-3,10-11H. The number of pyridine rings is 4. The van der Waals surface area contributed by atoms with Crippen molar-refractivity contribution in [1.82, 2.24) is 19.9 Å². The summed E-state index contributed by atoms with van der Waals surface area (Å²) >= 11 is 3.49. The number of rotatable bonds is 8. The van der Waals surface area contributed by atoms with Gasteiger partial charge in [-0.1, -0.05) is 125 Å². The maximum absolute atomic E-state index is 14.2. The third-order valence-electron chi connectivity index (χ3n) is 10.5. The van der Waals surface area contributed by atoms with E-state index in [0.717, 1.165) is 96.8 Å². The molecular weight excluding hydrogens is 927 g/mol. The normalized spacial score (nSPS) is 10.6. The topological polar surface area (TPSA) is 92.0 Å². The van der Waals surface area contributed by atoms with Gasteiger partial charge in [-0.25, -0.2) is 27.5 Å². The van der Waals surface area contributed by atoms with Crippen molar-refractivity contribution in [2.24, 2.45) is 0 Å². The summed E-state index contributed by atoms with van der Waals surface area (Å²) in [5.74, 6) is -2.46. The van der Waals surface area contributed by atoms with Gasteiger partial charge in [-0.2, -0.15) is 0 Å². The summed E-state index contributed by atoms with van der Waals surface area (Å²) in [7, 11) is -1.97. The summed E-state index contributed by atoms with van der Waals surface area (Å²) in [5.41, 5.74) is 11.8. The van der Waals surface area contributed by atoms with E-state index in [0.29, 0.717) is 5.56 Å². The van der Waals surface area contributed by atoms with E-state index < -0.39 is 35.9 Å². The summed E-state index contributed by atoms with van der Waals surface area (Å²) in [5, 5.41) is 17.0. The van der Waals surface area contributed by atoms with Crippen LogP contribution in [0, 0.1) is 23.3 Å². The van der Waals surface area contributed by atoms with Crippen molar-refractivity contribution in [1.29, 1.82) is 0 Å². The molecule has 0 unspecified atom stereocenters. The minimum Gasteiger partial charge on any atom is -0.423 e. The first-order chi connectivity index (χ1) is 33.1. The average Bonchev–Trinajstić information content (AvgIpc) is 3.39. The van der Waals surface area contributed by atoms with Crippen molar-refractivity contribution >= 4 is 28.5 Å². The minimum absolute atomic E-state index is 0.233. The second-order valence-electron chi connectivity index (χ2n) is 15.2. The summed E-state index contributed by atoms with van der Waals surface area (Å²) in [6, 6.07) is 61.8. The van der Waals surface area contributed by atoms with E-state index in [1.54, 1.807) is 24.5 Å². The highest BCUT2D eigenvalue weighted by atomic mass is 79.9. The Kier molecular flexibility index (Phi) is 15.1. The van der Waals surface area contributed by atoms with Gasteiger partial charge in [-0.15, -0.1) is 0 Å². The molecule has 4 heterocycles. The van der Waals surface area contributed by atoms with Crippen molar-refractivity contribution < 1.29 is 27.6 Å². The largest absolute Gasteiger partial charge is 0.491 e. The monoisotopic (exact) mass is 964 g/mol. The number of nitrogens with zero attached hydrogens (tertiary/aromatic N) is 4. The zero-order chi connectivity index (χ0) is 47.4. The Labute approximate surface area is 399 Å². The van der Waals surface area contributed by atoms with Crippen LogP contribution in [0.15, 0.2) is 223 Å². The molecule has 0 aliphatic carbocycles. The molecule has 0 spiro atoms. The van der Waals surface area contributed by atoms with Crippen LogP contribution in [-0.4, -0.2) is 37.1 Å². The molecule has 4 aromatic heterocycles. The fourth-order valence-electron chi connectivity index (χ4n) is 7.11. The lowest BCUT2D eigenvalue weighted by atomic mass is 9.80. The highest BCUT2D eigenvalue weighted by Gasteiger charge is 2.17. The fourth-order valence-corrected chi connectivity index (χ4v) is 7.38. The molecule has 0 atom stereocenters. The highest BCUT2D eigenvalue weighted by molar-refractivity contribution is 9.10. The van der Waals surface area contributed by atoms with E-state index in [-0.39, 0.29) is 5.56 Å². The predicted molar refractivity (Wildman–Crippen MR) is 266 cm³/mol. The van der Waals surface area contributed by atoms with Gasteiger partial charge in [0.05, 0.1) is 34.2 Å². The first kappa shape index (κ1) is 46.6. The van der Waals surface area contributed by atoms with E-state index in [1.165, 1.54) is 11.6 Å². The molecule has 0 saturated heterocycles. The first-order valence-corrected chi connectivity index (χ1v) is 22.0. The molecule has 6 aromatic carbocycles. The number of benzene rings is 6. The summed E-state index contributed by atoms with van der Waals surface area (Å²) < 4.78 is 53.7. The van der Waals surface area contributed by atoms with Gasteiger partial charge in [0.2, 0.25) is 0 Å². The average molecular weight is 966 g/mol. The van der Waals surface area contributed by atoms with Crippen LogP contribution in [0.1, 0.15) is 0 Å². The van der Waals surface area contributed by atoms with Gasteiger partial charge < -0.3 is 10.0 Å². The van der Waals surface area contributed by atoms with Crippen LogP contribution in [0.5, 0.6) is 0 Å². The highest BCUT2D eigenvalue weighted by Crippen LogP contribution is 2.33. The van der Waals surface area contributed by atoms with Gasteiger partial charge >= 0.3 is 7.12 Å². The Balaban J connectivity index is 0.000000154. The number of hydrogen-bond acceptors (Lipinski definition) is 6. The second kappa shape index (κ2) is 22.1. The van der Waals surface area contributed by atoms with Crippen molar-refractivity contribution in [3.05, 3.63) is 246 Å². The van der Waals surface area contributed by atoms with E-state index in [9.17, 15) is 17.6 Å². The molecule has 10 aromatic rings. The smallest absolute Gasteiger partial charge is 0.423 e. The molecule has 0 aliphatic rings. The van der Waals surface area contributed by atoms with Crippen LogP contribution in [0.25, 0.3) is 78.7 Å². The van der Waals surface area contributed by atoms with Crippen molar-refractivity contribution in [2.75, 3.05) is 0 Å². The molecule has 0 saturated carbocycles. The molecule has 12 heteroatoms. The molecule has 10 rings (SSSR count). The minimum atomic E-state index is -1.97. The maximum Gasteiger partial charge on any atom is 0.491 e. The lowest BCUT2D eigenvalue weighted by Gasteiger charge is -2.11. The quantitative estimate of drug-likeness (QED) is 0.116. The Bertz CT molecular complexity index is 3130. The van der Waals surface area contributed by atoms with E-state index in [4.69, 9.17) is 20.0 Å². The molecule has 332 valence electrons. The Hall–Kier alpha value is -7.90. The van der Waals surface area contributed by atoms with Crippen LogP contribution in [0.3, 0.4) is 0 Å². The third kappa shape index (κ3) is 11.9. The number of hydrogen-bond donors (Lipinski definition) is 2. The van der Waals surface area contributed by atoms with E-state index >= 15 is 0 Å². The van der Waals surface area contributed by atoms with Crippen molar-refractivity contribution in [2.45, 2.75) is 0 Å². The molecule has 6 nitrogen and oxygen atoms in total. The molecule has 0 amide bonds. The molecule has 0 bridgehead atoms. The third-order valence-corrected chi connectivity index (χ3v) is 11.0. The molecule has 0 aliphatic heterocycles. The first-order valence-electron chi connectivity index (χ1n) is 21.2. The summed E-state index contributed by atoms with van der Waals surface area (Å²) in [4.78, 5) is 18.6. The zero-order valence-corrected chi connectivity index (χ0v) is 37.5. The van der Waals surface area contributed by atoms with Gasteiger partial charge in [0.15, 0.2) is 0 Å². The predicted octanol–water partition coefficient (Wildman–Crippen LogP) is 13.3. The van der Waals surface area contributed by atoms with Gasteiger partial charge in [0.1, 0.15) is 23.3 Å². The van der Waals surface area contributed by atoms with Gasteiger partial charge in [-0.3, -0.25) is 9.97 Å². The van der Waals surface area contributed by atoms with Gasteiger partial charge in [-0.05, 0) is 125 Å². The molecular formula is C56H38BBrF4N4O2. The molecule has 68 heavy (non-hydrogen) atoms. The maximum atomic E-state index is 14.2. The Morgan fingerprint density at radius 3 is 1.24 bits per heavy atom. The van der Waals surface area contributed by atoms with E-state index in [2.05, 4.69) is 86.6 Å². The van der Waals surface area contributed by atoms with E-state index in [1.807, 2.05) is 97.1 Å². The van der Waals surface area contributed by atoms with Crippen LogP contribution < -0.4 is 5.46 Å².